The number of nitrogens with zero attached hydrogens (tertiary/aromatic N) is 1. The monoisotopic (exact) mass is 285 g/mol. The first-order valence-corrected chi connectivity index (χ1v) is 5.82. The number of rotatable bonds is 2. The summed E-state index contributed by atoms with van der Waals surface area (Å²) in [6.45, 7) is 2.04. The maximum absolute atomic E-state index is 5.84. The second-order valence-electron chi connectivity index (χ2n) is 3.29. The summed E-state index contributed by atoms with van der Waals surface area (Å²) in [4.78, 5) is 0. The zero-order chi connectivity index (χ0) is 10.8. The van der Waals surface area contributed by atoms with Gasteiger partial charge in [0, 0.05) is 11.1 Å². The van der Waals surface area contributed by atoms with Crippen LogP contribution in [-0.4, -0.2) is 5.16 Å². The maximum atomic E-state index is 5.84. The van der Waals surface area contributed by atoms with Crippen molar-refractivity contribution in [2.24, 2.45) is 0 Å². The van der Waals surface area contributed by atoms with E-state index in [1.54, 1.807) is 0 Å². The Morgan fingerprint density at radius 1 is 1.47 bits per heavy atom. The van der Waals surface area contributed by atoms with Gasteiger partial charge in [0.05, 0.1) is 5.88 Å². The number of aryl methyl sites for hydroxylation is 1. The molecule has 0 aliphatic rings. The molecule has 0 saturated heterocycles. The lowest BCUT2D eigenvalue weighted by Crippen LogP contribution is -1.84. The van der Waals surface area contributed by atoms with Crippen LogP contribution in [0.3, 0.4) is 0 Å². The van der Waals surface area contributed by atoms with Crippen LogP contribution in [0.1, 0.15) is 11.1 Å². The van der Waals surface area contributed by atoms with E-state index in [9.17, 15) is 0 Å². The molecular weight excluding hydrogens is 277 g/mol. The standard InChI is InChI=1S/C11H9BrClNO/c1-7-3-2-4-8(5-7)10-9(6-13)11(12)15-14-10/h2-5H,6H2,1H3. The van der Waals surface area contributed by atoms with Crippen molar-refractivity contribution in [3.05, 3.63) is 40.1 Å². The fourth-order valence-corrected chi connectivity index (χ4v) is 2.23. The maximum Gasteiger partial charge on any atom is 0.206 e. The van der Waals surface area contributed by atoms with Crippen LogP contribution in [0.4, 0.5) is 0 Å². The van der Waals surface area contributed by atoms with Crippen LogP contribution in [0.25, 0.3) is 11.3 Å². The largest absolute Gasteiger partial charge is 0.348 e. The number of alkyl halides is 1. The van der Waals surface area contributed by atoms with E-state index in [-0.39, 0.29) is 0 Å². The summed E-state index contributed by atoms with van der Waals surface area (Å²) >= 11 is 9.12. The van der Waals surface area contributed by atoms with Gasteiger partial charge in [-0.3, -0.25) is 0 Å². The highest BCUT2D eigenvalue weighted by molar-refractivity contribution is 9.10. The Labute approximate surface area is 101 Å². The minimum Gasteiger partial charge on any atom is -0.348 e. The van der Waals surface area contributed by atoms with Gasteiger partial charge in [0.1, 0.15) is 5.69 Å². The third-order valence-electron chi connectivity index (χ3n) is 2.17. The Balaban J connectivity index is 2.54. The first kappa shape index (κ1) is 10.7. The minimum atomic E-state index is 0.382. The van der Waals surface area contributed by atoms with E-state index in [2.05, 4.69) is 27.2 Å². The Bertz CT molecular complexity index is 481. The van der Waals surface area contributed by atoms with Crippen LogP contribution in [0, 0.1) is 6.92 Å². The molecule has 0 fully saturated rings. The third kappa shape index (κ3) is 2.08. The zero-order valence-electron chi connectivity index (χ0n) is 8.13. The van der Waals surface area contributed by atoms with Crippen molar-refractivity contribution in [1.82, 2.24) is 5.16 Å². The van der Waals surface area contributed by atoms with Crippen molar-refractivity contribution in [3.8, 4) is 11.3 Å². The molecule has 0 amide bonds. The van der Waals surface area contributed by atoms with Crippen molar-refractivity contribution in [3.63, 3.8) is 0 Å². The van der Waals surface area contributed by atoms with Crippen LogP contribution in [-0.2, 0) is 5.88 Å². The minimum absolute atomic E-state index is 0.382. The number of hydrogen-bond acceptors (Lipinski definition) is 2. The van der Waals surface area contributed by atoms with E-state index in [1.807, 2.05) is 25.1 Å². The van der Waals surface area contributed by atoms with Crippen LogP contribution in [0.5, 0.6) is 0 Å². The molecule has 2 nitrogen and oxygen atoms in total. The number of aromatic nitrogens is 1. The second-order valence-corrected chi connectivity index (χ2v) is 4.27. The predicted molar refractivity (Wildman–Crippen MR) is 63.9 cm³/mol. The highest BCUT2D eigenvalue weighted by atomic mass is 79.9. The lowest BCUT2D eigenvalue weighted by Gasteiger charge is -1.99. The van der Waals surface area contributed by atoms with E-state index >= 15 is 0 Å². The van der Waals surface area contributed by atoms with Gasteiger partial charge in [-0.05, 0) is 28.9 Å². The summed E-state index contributed by atoms with van der Waals surface area (Å²) in [6, 6.07) is 8.08. The van der Waals surface area contributed by atoms with E-state index in [0.717, 1.165) is 16.8 Å². The van der Waals surface area contributed by atoms with Crippen molar-refractivity contribution in [1.29, 1.82) is 0 Å². The van der Waals surface area contributed by atoms with Crippen molar-refractivity contribution in [2.75, 3.05) is 0 Å². The smallest absolute Gasteiger partial charge is 0.206 e. The van der Waals surface area contributed by atoms with Crippen molar-refractivity contribution >= 4 is 27.5 Å². The average molecular weight is 287 g/mol. The van der Waals surface area contributed by atoms with Gasteiger partial charge in [0.15, 0.2) is 0 Å². The molecule has 2 aromatic rings. The third-order valence-corrected chi connectivity index (χ3v) is 3.06. The SMILES string of the molecule is Cc1cccc(-c2noc(Br)c2CCl)c1. The Kier molecular flexibility index (Phi) is 3.12. The summed E-state index contributed by atoms with van der Waals surface area (Å²) in [5.74, 6) is 0.382. The number of halogens is 2. The van der Waals surface area contributed by atoms with E-state index in [1.165, 1.54) is 5.56 Å². The fourth-order valence-electron chi connectivity index (χ4n) is 1.42. The van der Waals surface area contributed by atoms with Gasteiger partial charge in [-0.2, -0.15) is 0 Å². The molecule has 0 radical (unpaired) electrons. The molecule has 0 spiro atoms. The van der Waals surface area contributed by atoms with Crippen LogP contribution < -0.4 is 0 Å². The molecule has 0 N–H and O–H groups in total. The van der Waals surface area contributed by atoms with Crippen LogP contribution >= 0.6 is 27.5 Å². The summed E-state index contributed by atoms with van der Waals surface area (Å²) < 4.78 is 5.67. The lowest BCUT2D eigenvalue weighted by atomic mass is 10.1. The Morgan fingerprint density at radius 3 is 2.93 bits per heavy atom. The summed E-state index contributed by atoms with van der Waals surface area (Å²) in [7, 11) is 0. The highest BCUT2D eigenvalue weighted by Gasteiger charge is 2.14. The Morgan fingerprint density at radius 2 is 2.27 bits per heavy atom. The highest BCUT2D eigenvalue weighted by Crippen LogP contribution is 2.30. The first-order chi connectivity index (χ1) is 7.22. The number of hydrogen-bond donors (Lipinski definition) is 0. The first-order valence-electron chi connectivity index (χ1n) is 4.49. The summed E-state index contributed by atoms with van der Waals surface area (Å²) in [6.07, 6.45) is 0. The summed E-state index contributed by atoms with van der Waals surface area (Å²) in [5.41, 5.74) is 3.91. The molecule has 4 heteroatoms. The van der Waals surface area contributed by atoms with Gasteiger partial charge < -0.3 is 4.52 Å². The average Bonchev–Trinajstić information content (AvgIpc) is 2.59. The van der Waals surface area contributed by atoms with E-state index < -0.39 is 0 Å². The Hall–Kier alpha value is -0.800. The van der Waals surface area contributed by atoms with E-state index in [4.69, 9.17) is 16.1 Å². The molecule has 78 valence electrons. The van der Waals surface area contributed by atoms with Gasteiger partial charge in [0.2, 0.25) is 4.67 Å². The van der Waals surface area contributed by atoms with E-state index in [0.29, 0.717) is 10.5 Å². The molecule has 1 heterocycles. The number of benzene rings is 1. The molecule has 0 unspecified atom stereocenters. The molecule has 0 atom stereocenters. The fraction of sp³-hybridized carbons (Fsp3) is 0.182. The molecule has 1 aromatic heterocycles. The molecule has 2 rings (SSSR count). The molecular formula is C11H9BrClNO. The van der Waals surface area contributed by atoms with Crippen molar-refractivity contribution < 1.29 is 4.52 Å². The van der Waals surface area contributed by atoms with Gasteiger partial charge in [-0.25, -0.2) is 0 Å². The quantitative estimate of drug-likeness (QED) is 0.775. The molecule has 0 saturated carbocycles. The molecule has 1 aromatic carbocycles. The van der Waals surface area contributed by atoms with Crippen molar-refractivity contribution in [2.45, 2.75) is 12.8 Å². The normalized spacial score (nSPS) is 10.6. The van der Waals surface area contributed by atoms with Gasteiger partial charge >= 0.3 is 0 Å². The van der Waals surface area contributed by atoms with Gasteiger partial charge in [-0.1, -0.05) is 28.9 Å². The molecule has 0 aliphatic carbocycles. The van der Waals surface area contributed by atoms with Crippen LogP contribution in [0.2, 0.25) is 0 Å². The molecule has 0 bridgehead atoms. The summed E-state index contributed by atoms with van der Waals surface area (Å²) in [5, 5.41) is 3.99. The van der Waals surface area contributed by atoms with Gasteiger partial charge in [0.25, 0.3) is 0 Å². The predicted octanol–water partition coefficient (Wildman–Crippen LogP) is 4.15. The lowest BCUT2D eigenvalue weighted by molar-refractivity contribution is 0.401. The molecule has 15 heavy (non-hydrogen) atoms. The van der Waals surface area contributed by atoms with Gasteiger partial charge in [-0.15, -0.1) is 11.6 Å². The van der Waals surface area contributed by atoms with Crippen LogP contribution in [0.15, 0.2) is 33.5 Å². The molecule has 0 aliphatic heterocycles. The topological polar surface area (TPSA) is 26.0 Å². The zero-order valence-corrected chi connectivity index (χ0v) is 10.5. The second kappa shape index (κ2) is 4.37.